The molecule has 90 valence electrons. The van der Waals surface area contributed by atoms with Crippen LogP contribution in [0, 0.1) is 0 Å². The average molecular weight is 238 g/mol. The van der Waals surface area contributed by atoms with Crippen molar-refractivity contribution >= 4 is 28.9 Å². The van der Waals surface area contributed by atoms with Gasteiger partial charge < -0.3 is 17.8 Å². The van der Waals surface area contributed by atoms with Crippen molar-refractivity contribution in [2.24, 2.45) is 0 Å². The fraction of sp³-hybridized carbons (Fsp3) is 0.167. The molecule has 0 aromatic heterocycles. The first kappa shape index (κ1) is 11.8. The van der Waals surface area contributed by atoms with Gasteiger partial charge in [-0.2, -0.15) is 0 Å². The summed E-state index contributed by atoms with van der Waals surface area (Å²) in [5.74, 6) is 0. The van der Waals surface area contributed by atoms with Crippen molar-refractivity contribution in [1.82, 2.24) is 0 Å². The van der Waals surface area contributed by atoms with E-state index in [1.807, 2.05) is 25.1 Å². The molecule has 0 aliphatic heterocycles. The van der Waals surface area contributed by atoms with E-state index in [9.17, 15) is 12.9 Å². The Morgan fingerprint density at radius 1 is 0.882 bits per heavy atom. The van der Waals surface area contributed by atoms with Crippen LogP contribution in [0.4, 0.5) is 18.6 Å². The van der Waals surface area contributed by atoms with E-state index in [2.05, 4.69) is 0 Å². The molecule has 2 rings (SSSR count). The highest BCUT2D eigenvalue weighted by atomic mass is 19.4. The Morgan fingerprint density at radius 2 is 1.47 bits per heavy atom. The van der Waals surface area contributed by atoms with Gasteiger partial charge in [0.1, 0.15) is 0 Å². The third-order valence-corrected chi connectivity index (χ3v) is 2.77. The van der Waals surface area contributed by atoms with Gasteiger partial charge in [0.2, 0.25) is 0 Å². The third kappa shape index (κ3) is 2.09. The van der Waals surface area contributed by atoms with Crippen molar-refractivity contribution in [2.45, 2.75) is 0 Å². The third-order valence-electron chi connectivity index (χ3n) is 2.77. The summed E-state index contributed by atoms with van der Waals surface area (Å²) >= 11 is 0. The smallest absolute Gasteiger partial charge is 0.445 e. The summed E-state index contributed by atoms with van der Waals surface area (Å²) in [5.41, 5.74) is 0.274. The van der Waals surface area contributed by atoms with Gasteiger partial charge in [0, 0.05) is 25.2 Å². The molecule has 5 heteroatoms. The molecule has 17 heavy (non-hydrogen) atoms. The molecule has 1 nitrogen and oxygen atoms in total. The fourth-order valence-corrected chi connectivity index (χ4v) is 1.99. The van der Waals surface area contributed by atoms with Gasteiger partial charge in [-0.25, -0.2) is 0 Å². The molecule has 0 aliphatic carbocycles. The van der Waals surface area contributed by atoms with Crippen molar-refractivity contribution in [1.29, 1.82) is 0 Å². The first-order valence-electron chi connectivity index (χ1n) is 5.30. The maximum atomic E-state index is 12.9. The normalized spacial score (nSPS) is 11.8. The average Bonchev–Trinajstić information content (AvgIpc) is 2.26. The second kappa shape index (κ2) is 3.98. The van der Waals surface area contributed by atoms with Crippen molar-refractivity contribution in [3.8, 4) is 0 Å². The largest absolute Gasteiger partial charge is 0.510 e. The lowest BCUT2D eigenvalue weighted by Gasteiger charge is -2.21. The van der Waals surface area contributed by atoms with Crippen molar-refractivity contribution < 1.29 is 12.9 Å². The minimum absolute atomic E-state index is 0.270. The molecular weight excluding hydrogens is 226 g/mol. The van der Waals surface area contributed by atoms with Gasteiger partial charge in [-0.05, 0) is 11.5 Å². The topological polar surface area (TPSA) is 3.24 Å². The molecule has 0 unspecified atom stereocenters. The molecular formula is C12H12BF3N-. The highest BCUT2D eigenvalue weighted by Crippen LogP contribution is 2.26. The van der Waals surface area contributed by atoms with Gasteiger partial charge in [-0.3, -0.25) is 0 Å². The van der Waals surface area contributed by atoms with E-state index in [0.29, 0.717) is 5.39 Å². The minimum Gasteiger partial charge on any atom is -0.445 e. The van der Waals surface area contributed by atoms with Crippen LogP contribution in [-0.4, -0.2) is 21.1 Å². The van der Waals surface area contributed by atoms with Crippen LogP contribution >= 0.6 is 0 Å². The summed E-state index contributed by atoms with van der Waals surface area (Å²) in [6.07, 6.45) is 0. The Morgan fingerprint density at radius 3 is 2.06 bits per heavy atom. The number of halogens is 3. The Hall–Kier alpha value is -1.65. The molecule has 0 aliphatic rings. The molecule has 0 radical (unpaired) electrons. The van der Waals surface area contributed by atoms with Crippen LogP contribution in [0.1, 0.15) is 0 Å². The van der Waals surface area contributed by atoms with Crippen LogP contribution in [0.3, 0.4) is 0 Å². The summed E-state index contributed by atoms with van der Waals surface area (Å²) < 4.78 is 38.7. The maximum absolute atomic E-state index is 12.9. The van der Waals surface area contributed by atoms with Crippen molar-refractivity contribution in [3.63, 3.8) is 0 Å². The van der Waals surface area contributed by atoms with Crippen molar-refractivity contribution in [3.05, 3.63) is 36.4 Å². The summed E-state index contributed by atoms with van der Waals surface area (Å²) in [6, 6.07) is 9.31. The lowest BCUT2D eigenvalue weighted by Crippen LogP contribution is -2.34. The zero-order valence-electron chi connectivity index (χ0n) is 9.62. The second-order valence-electron chi connectivity index (χ2n) is 4.19. The SMILES string of the molecule is CN(C)c1cccc2c([B-](F)(F)F)cccc12. The van der Waals surface area contributed by atoms with E-state index in [0.717, 1.165) is 11.8 Å². The van der Waals surface area contributed by atoms with E-state index >= 15 is 0 Å². The van der Waals surface area contributed by atoms with E-state index < -0.39 is 12.4 Å². The molecule has 2 aromatic carbocycles. The van der Waals surface area contributed by atoms with Crippen LogP contribution < -0.4 is 10.4 Å². The molecule has 0 amide bonds. The Kier molecular flexibility index (Phi) is 2.77. The minimum atomic E-state index is -4.97. The van der Waals surface area contributed by atoms with Gasteiger partial charge in [0.25, 0.3) is 0 Å². The highest BCUT2D eigenvalue weighted by Gasteiger charge is 2.27. The van der Waals surface area contributed by atoms with Gasteiger partial charge in [-0.1, -0.05) is 30.3 Å². The van der Waals surface area contributed by atoms with Crippen LogP contribution in [0.5, 0.6) is 0 Å². The fourth-order valence-electron chi connectivity index (χ4n) is 1.99. The Labute approximate surface area is 97.9 Å². The van der Waals surface area contributed by atoms with Crippen LogP contribution in [-0.2, 0) is 0 Å². The number of anilines is 1. The van der Waals surface area contributed by atoms with Crippen LogP contribution in [0.25, 0.3) is 10.8 Å². The highest BCUT2D eigenvalue weighted by molar-refractivity contribution is 6.76. The molecule has 0 bridgehead atoms. The van der Waals surface area contributed by atoms with E-state index in [1.165, 1.54) is 12.1 Å². The van der Waals surface area contributed by atoms with E-state index in [1.54, 1.807) is 12.1 Å². The summed E-state index contributed by atoms with van der Waals surface area (Å²) in [7, 11) is 3.64. The van der Waals surface area contributed by atoms with Gasteiger partial charge in [0.15, 0.2) is 0 Å². The first-order chi connectivity index (χ1) is 7.91. The molecule has 0 saturated heterocycles. The van der Waals surface area contributed by atoms with Crippen molar-refractivity contribution in [2.75, 3.05) is 19.0 Å². The number of hydrogen-bond donors (Lipinski definition) is 0. The lowest BCUT2D eigenvalue weighted by molar-refractivity contribution is 0.502. The number of rotatable bonds is 2. The molecule has 0 atom stereocenters. The van der Waals surface area contributed by atoms with Gasteiger partial charge >= 0.3 is 6.98 Å². The summed E-state index contributed by atoms with van der Waals surface area (Å²) in [6.45, 7) is -4.97. The second-order valence-corrected chi connectivity index (χ2v) is 4.19. The Balaban J connectivity index is 2.79. The maximum Gasteiger partial charge on any atom is 0.510 e. The lowest BCUT2D eigenvalue weighted by atomic mass is 9.77. The molecule has 0 saturated carbocycles. The number of nitrogens with zero attached hydrogens (tertiary/aromatic N) is 1. The number of fused-ring (bicyclic) bond motifs is 1. The van der Waals surface area contributed by atoms with E-state index in [-0.39, 0.29) is 5.39 Å². The molecule has 2 aromatic rings. The standard InChI is InChI=1S/C12H12BF3N/c1-17(2)12-8-4-5-9-10(12)6-3-7-11(9)13(14,15)16/h3-8H,1-2H3/q-1. The van der Waals surface area contributed by atoms with Gasteiger partial charge in [0.05, 0.1) is 0 Å². The van der Waals surface area contributed by atoms with E-state index in [4.69, 9.17) is 0 Å². The summed E-state index contributed by atoms with van der Waals surface area (Å²) in [5, 5.41) is 0.903. The molecule has 0 spiro atoms. The monoisotopic (exact) mass is 238 g/mol. The zero-order chi connectivity index (χ0) is 12.6. The van der Waals surface area contributed by atoms with Crippen LogP contribution in [0.2, 0.25) is 0 Å². The predicted molar refractivity (Wildman–Crippen MR) is 67.0 cm³/mol. The quantitative estimate of drug-likeness (QED) is 0.727. The zero-order valence-corrected chi connectivity index (χ0v) is 9.62. The molecule has 0 fully saturated rings. The van der Waals surface area contributed by atoms with Gasteiger partial charge in [-0.15, -0.1) is 5.46 Å². The number of benzene rings is 2. The predicted octanol–water partition coefficient (Wildman–Crippen LogP) is 2.96. The first-order valence-corrected chi connectivity index (χ1v) is 5.30. The molecule has 0 heterocycles. The summed E-state index contributed by atoms with van der Waals surface area (Å²) in [4.78, 5) is 1.81. The Bertz CT molecular complexity index is 549. The van der Waals surface area contributed by atoms with Crippen LogP contribution in [0.15, 0.2) is 36.4 Å². The number of hydrogen-bond acceptors (Lipinski definition) is 1. The molecule has 0 N–H and O–H groups in total.